The van der Waals surface area contributed by atoms with Crippen LogP contribution in [-0.4, -0.2) is 9.13 Å². The number of hydrogen-bond acceptors (Lipinski definition) is 3. The molecule has 12 rings (SSSR count). The van der Waals surface area contributed by atoms with Crippen LogP contribution < -0.4 is 0 Å². The number of nitriles is 3. The highest BCUT2D eigenvalue weighted by molar-refractivity contribution is 6.14. The minimum absolute atomic E-state index is 0.366. The number of fused-ring (bicyclic) bond motifs is 6. The maximum atomic E-state index is 11.1. The monoisotopic (exact) mass is 919 g/mol. The van der Waals surface area contributed by atoms with Gasteiger partial charge in [-0.1, -0.05) is 144 Å². The third-order valence-corrected chi connectivity index (χ3v) is 14.3. The molecule has 0 saturated heterocycles. The summed E-state index contributed by atoms with van der Waals surface area (Å²) in [4.78, 5) is 0. The van der Waals surface area contributed by atoms with E-state index >= 15 is 0 Å². The lowest BCUT2D eigenvalue weighted by molar-refractivity contribution is 1.13. The Balaban J connectivity index is 1.21. The van der Waals surface area contributed by atoms with E-state index in [1.807, 2.05) is 24.3 Å². The van der Waals surface area contributed by atoms with E-state index in [9.17, 15) is 15.8 Å². The van der Waals surface area contributed by atoms with E-state index < -0.39 is 0 Å². The van der Waals surface area contributed by atoms with Crippen LogP contribution in [0.25, 0.3) is 111 Å². The smallest absolute Gasteiger partial charge is 0.0993 e. The fourth-order valence-corrected chi connectivity index (χ4v) is 10.5. The highest BCUT2D eigenvalue weighted by atomic mass is 15.0. The molecule has 0 radical (unpaired) electrons. The zero-order valence-electron chi connectivity index (χ0n) is 40.3. The molecule has 72 heavy (non-hydrogen) atoms. The predicted molar refractivity (Wildman–Crippen MR) is 295 cm³/mol. The van der Waals surface area contributed by atoms with Crippen molar-refractivity contribution in [2.24, 2.45) is 0 Å². The average Bonchev–Trinajstić information content (AvgIpc) is 3.92. The molecule has 5 heteroatoms. The van der Waals surface area contributed by atoms with Gasteiger partial charge in [-0.05, 0) is 157 Å². The van der Waals surface area contributed by atoms with Crippen LogP contribution in [-0.2, 0) is 0 Å². The van der Waals surface area contributed by atoms with Gasteiger partial charge in [0.15, 0.2) is 0 Å². The minimum Gasteiger partial charge on any atom is -0.308 e. The molecular weight excluding hydrogens is 875 g/mol. The van der Waals surface area contributed by atoms with E-state index in [-0.39, 0.29) is 0 Å². The summed E-state index contributed by atoms with van der Waals surface area (Å²) in [5, 5.41) is 36.4. The standard InChI is InChI=1S/C67H45N5/c1-41-5-13-48(14-6-41)52-21-25-61-57(34-52)58-35-53(49-15-7-42(2)8-16-49)22-26-62(58)71(61)65-32-47(40-70)33-66(67(65)56-30-45(38-68)29-46(31-56)39-69)72-63-27-23-54(50-17-9-43(3)10-18-50)36-59(63)60-37-55(24-28-64(60)72)51-19-11-44(4)12-20-51/h5-37H,1-4H3. The molecule has 0 aliphatic carbocycles. The number of benzene rings is 10. The zero-order chi connectivity index (χ0) is 49.2. The molecule has 0 atom stereocenters. The van der Waals surface area contributed by atoms with Gasteiger partial charge in [0.2, 0.25) is 0 Å². The Bertz CT molecular complexity index is 3830. The summed E-state index contributed by atoms with van der Waals surface area (Å²) in [6.45, 7) is 8.41. The normalized spacial score (nSPS) is 11.3. The molecule has 0 amide bonds. The molecule has 10 aromatic carbocycles. The third-order valence-electron chi connectivity index (χ3n) is 14.3. The second-order valence-electron chi connectivity index (χ2n) is 19.1. The summed E-state index contributed by atoms with van der Waals surface area (Å²) < 4.78 is 4.54. The second kappa shape index (κ2) is 17.3. The molecule has 0 saturated carbocycles. The summed E-state index contributed by atoms with van der Waals surface area (Å²) in [7, 11) is 0. The molecule has 0 aliphatic heterocycles. The molecule has 2 aromatic heterocycles. The van der Waals surface area contributed by atoms with Crippen molar-refractivity contribution in [2.75, 3.05) is 0 Å². The fraction of sp³-hybridized carbons (Fsp3) is 0.0597. The molecule has 0 spiro atoms. The predicted octanol–water partition coefficient (Wildman–Crippen LogP) is 17.1. The van der Waals surface area contributed by atoms with E-state index in [2.05, 4.69) is 225 Å². The quantitative estimate of drug-likeness (QED) is 0.160. The molecule has 2 heterocycles. The maximum absolute atomic E-state index is 11.1. The number of aromatic nitrogens is 2. The summed E-state index contributed by atoms with van der Waals surface area (Å²) in [6.07, 6.45) is 0. The van der Waals surface area contributed by atoms with Gasteiger partial charge in [0.05, 0.1) is 68.3 Å². The Hall–Kier alpha value is -9.73. The van der Waals surface area contributed by atoms with Crippen LogP contribution in [0.15, 0.2) is 200 Å². The number of rotatable bonds is 7. The van der Waals surface area contributed by atoms with Gasteiger partial charge < -0.3 is 9.13 Å². The average molecular weight is 920 g/mol. The molecule has 338 valence electrons. The first-order valence-electron chi connectivity index (χ1n) is 24.1. The highest BCUT2D eigenvalue weighted by Crippen LogP contribution is 2.45. The topological polar surface area (TPSA) is 81.2 Å². The van der Waals surface area contributed by atoms with Crippen molar-refractivity contribution in [3.63, 3.8) is 0 Å². The Morgan fingerprint density at radius 1 is 0.264 bits per heavy atom. The third kappa shape index (κ3) is 7.48. The van der Waals surface area contributed by atoms with Crippen LogP contribution >= 0.6 is 0 Å². The Kier molecular flexibility index (Phi) is 10.5. The molecular formula is C67H45N5. The first kappa shape index (κ1) is 43.5. The van der Waals surface area contributed by atoms with Gasteiger partial charge in [0.1, 0.15) is 0 Å². The lowest BCUT2D eigenvalue weighted by atomic mass is 9.95. The van der Waals surface area contributed by atoms with E-state index in [0.717, 1.165) is 105 Å². The van der Waals surface area contributed by atoms with Crippen LogP contribution in [0.3, 0.4) is 0 Å². The van der Waals surface area contributed by atoms with Gasteiger partial charge in [-0.15, -0.1) is 0 Å². The molecule has 12 aromatic rings. The highest BCUT2D eigenvalue weighted by Gasteiger charge is 2.25. The number of aryl methyl sites for hydroxylation is 4. The SMILES string of the molecule is Cc1ccc(-c2ccc3c(c2)c2cc(-c4ccc(C)cc4)ccc2n3-c2cc(C#N)cc(-n3c4ccc(-c5ccc(C)cc5)cc4c4cc(-c5ccc(C)cc5)ccc43)c2-c2cc(C#N)cc(C#N)c2)cc1. The largest absolute Gasteiger partial charge is 0.308 e. The van der Waals surface area contributed by atoms with Crippen molar-refractivity contribution in [3.05, 3.63) is 239 Å². The number of hydrogen-bond donors (Lipinski definition) is 0. The first-order valence-corrected chi connectivity index (χ1v) is 24.1. The zero-order valence-corrected chi connectivity index (χ0v) is 40.3. The van der Waals surface area contributed by atoms with Crippen molar-refractivity contribution in [1.29, 1.82) is 15.8 Å². The molecule has 0 bridgehead atoms. The van der Waals surface area contributed by atoms with Crippen LogP contribution in [0, 0.1) is 61.7 Å². The second-order valence-corrected chi connectivity index (χ2v) is 19.1. The maximum Gasteiger partial charge on any atom is 0.0993 e. The van der Waals surface area contributed by atoms with Crippen molar-refractivity contribution in [1.82, 2.24) is 9.13 Å². The summed E-state index contributed by atoms with van der Waals surface area (Å²) in [5.41, 5.74) is 21.6. The van der Waals surface area contributed by atoms with Crippen molar-refractivity contribution >= 4 is 43.6 Å². The molecule has 5 nitrogen and oxygen atoms in total. The van der Waals surface area contributed by atoms with Crippen LogP contribution in [0.2, 0.25) is 0 Å². The lowest BCUT2D eigenvalue weighted by Gasteiger charge is -2.21. The van der Waals surface area contributed by atoms with Crippen LogP contribution in [0.4, 0.5) is 0 Å². The van der Waals surface area contributed by atoms with Gasteiger partial charge >= 0.3 is 0 Å². The van der Waals surface area contributed by atoms with Crippen LogP contribution in [0.1, 0.15) is 38.9 Å². The van der Waals surface area contributed by atoms with Crippen LogP contribution in [0.5, 0.6) is 0 Å². The van der Waals surface area contributed by atoms with Crippen molar-refractivity contribution in [2.45, 2.75) is 27.7 Å². The fourth-order valence-electron chi connectivity index (χ4n) is 10.5. The van der Waals surface area contributed by atoms with E-state index in [0.29, 0.717) is 22.3 Å². The van der Waals surface area contributed by atoms with Gasteiger partial charge in [0.25, 0.3) is 0 Å². The van der Waals surface area contributed by atoms with Gasteiger partial charge in [-0.3, -0.25) is 0 Å². The van der Waals surface area contributed by atoms with E-state index in [1.165, 1.54) is 22.3 Å². The Labute approximate surface area is 418 Å². The minimum atomic E-state index is 0.366. The van der Waals surface area contributed by atoms with Gasteiger partial charge in [-0.2, -0.15) is 15.8 Å². The molecule has 0 unspecified atom stereocenters. The van der Waals surface area contributed by atoms with E-state index in [1.54, 1.807) is 6.07 Å². The Morgan fingerprint density at radius 2 is 0.514 bits per heavy atom. The number of nitrogens with zero attached hydrogens (tertiary/aromatic N) is 5. The molecule has 0 N–H and O–H groups in total. The van der Waals surface area contributed by atoms with Gasteiger partial charge in [-0.25, -0.2) is 0 Å². The lowest BCUT2D eigenvalue weighted by Crippen LogP contribution is -2.05. The molecule has 0 aliphatic rings. The first-order chi connectivity index (χ1) is 35.1. The molecule has 0 fully saturated rings. The Morgan fingerprint density at radius 3 is 0.778 bits per heavy atom. The van der Waals surface area contributed by atoms with Crippen molar-refractivity contribution < 1.29 is 0 Å². The summed E-state index contributed by atoms with van der Waals surface area (Å²) in [6, 6.07) is 77.6. The summed E-state index contributed by atoms with van der Waals surface area (Å²) >= 11 is 0. The van der Waals surface area contributed by atoms with Gasteiger partial charge in [0, 0.05) is 27.1 Å². The van der Waals surface area contributed by atoms with E-state index in [4.69, 9.17) is 0 Å². The summed E-state index contributed by atoms with van der Waals surface area (Å²) in [5.74, 6) is 0. The van der Waals surface area contributed by atoms with Crippen molar-refractivity contribution in [3.8, 4) is 85.2 Å².